The van der Waals surface area contributed by atoms with Crippen molar-refractivity contribution in [1.82, 2.24) is 0 Å². The highest BCUT2D eigenvalue weighted by molar-refractivity contribution is 5.43. The molecule has 2 nitrogen and oxygen atoms in total. The normalized spacial score (nSPS) is 14.5. The van der Waals surface area contributed by atoms with Crippen LogP contribution in [0.1, 0.15) is 45.6 Å². The van der Waals surface area contributed by atoms with E-state index in [9.17, 15) is 0 Å². The van der Waals surface area contributed by atoms with Gasteiger partial charge in [-0.25, -0.2) is 0 Å². The number of allylic oxidation sites excluding steroid dienone is 1. The van der Waals surface area contributed by atoms with Crippen molar-refractivity contribution in [1.29, 1.82) is 0 Å². The molecule has 2 heteroatoms. The van der Waals surface area contributed by atoms with E-state index >= 15 is 0 Å². The fourth-order valence-corrected chi connectivity index (χ4v) is 2.51. The van der Waals surface area contributed by atoms with Gasteiger partial charge in [-0.05, 0) is 35.3 Å². The van der Waals surface area contributed by atoms with E-state index in [-0.39, 0.29) is 5.41 Å². The van der Waals surface area contributed by atoms with Gasteiger partial charge in [0.25, 0.3) is 0 Å². The lowest BCUT2D eigenvalue weighted by molar-refractivity contribution is 0.217. The maximum atomic E-state index is 5.56. The molecule has 0 fully saturated rings. The lowest BCUT2D eigenvalue weighted by Gasteiger charge is -2.35. The number of methoxy groups -OCH3 is 2. The third-order valence-electron chi connectivity index (χ3n) is 4.23. The Morgan fingerprint density at radius 3 is 2.30 bits per heavy atom. The van der Waals surface area contributed by atoms with E-state index in [1.807, 2.05) is 18.2 Å². The van der Waals surface area contributed by atoms with Crippen LogP contribution >= 0.6 is 0 Å². The molecule has 112 valence electrons. The smallest absolute Gasteiger partial charge is 0.126 e. The van der Waals surface area contributed by atoms with Gasteiger partial charge in [0.2, 0.25) is 0 Å². The fraction of sp³-hybridized carbons (Fsp3) is 0.556. The van der Waals surface area contributed by atoms with Crippen molar-refractivity contribution in [2.75, 3.05) is 14.2 Å². The van der Waals surface area contributed by atoms with Gasteiger partial charge in [0.05, 0.1) is 14.2 Å². The third-order valence-corrected chi connectivity index (χ3v) is 4.23. The fourth-order valence-electron chi connectivity index (χ4n) is 2.51. The topological polar surface area (TPSA) is 18.5 Å². The van der Waals surface area contributed by atoms with Crippen molar-refractivity contribution in [2.45, 2.75) is 40.0 Å². The molecule has 1 rings (SSSR count). The zero-order chi connectivity index (χ0) is 15.3. The molecular formula is C18H28O2. The first kappa shape index (κ1) is 16.6. The van der Waals surface area contributed by atoms with Crippen LogP contribution in [0.25, 0.3) is 0 Å². The Hall–Kier alpha value is -1.44. The monoisotopic (exact) mass is 276 g/mol. The maximum absolute atomic E-state index is 5.56. The molecule has 0 radical (unpaired) electrons. The molecule has 0 spiro atoms. The van der Waals surface area contributed by atoms with Crippen LogP contribution in [-0.2, 0) is 0 Å². The Morgan fingerprint density at radius 2 is 1.85 bits per heavy atom. The Morgan fingerprint density at radius 1 is 1.20 bits per heavy atom. The number of ether oxygens (including phenoxy) is 2. The van der Waals surface area contributed by atoms with Gasteiger partial charge in [-0.3, -0.25) is 0 Å². The first-order valence-electron chi connectivity index (χ1n) is 7.18. The van der Waals surface area contributed by atoms with Crippen molar-refractivity contribution in [2.24, 2.45) is 11.3 Å². The summed E-state index contributed by atoms with van der Waals surface area (Å²) in [5.41, 5.74) is 1.47. The van der Waals surface area contributed by atoms with Crippen LogP contribution in [0.15, 0.2) is 30.9 Å². The van der Waals surface area contributed by atoms with Crippen LogP contribution in [0.5, 0.6) is 11.5 Å². The minimum Gasteiger partial charge on any atom is -0.497 e. The van der Waals surface area contributed by atoms with Crippen molar-refractivity contribution >= 4 is 0 Å². The molecule has 0 aliphatic heterocycles. The second kappa shape index (κ2) is 6.83. The van der Waals surface area contributed by atoms with Gasteiger partial charge in [-0.1, -0.05) is 39.8 Å². The van der Waals surface area contributed by atoms with E-state index in [1.54, 1.807) is 14.2 Å². The predicted octanol–water partition coefficient (Wildman–Crippen LogP) is 5.05. The van der Waals surface area contributed by atoms with Gasteiger partial charge in [-0.15, -0.1) is 6.58 Å². The summed E-state index contributed by atoms with van der Waals surface area (Å²) in [4.78, 5) is 0. The Kier molecular flexibility index (Phi) is 5.67. The van der Waals surface area contributed by atoms with E-state index in [1.165, 1.54) is 5.56 Å². The van der Waals surface area contributed by atoms with Crippen LogP contribution in [0, 0.1) is 11.3 Å². The van der Waals surface area contributed by atoms with E-state index < -0.39 is 0 Å². The lowest BCUT2D eigenvalue weighted by atomic mass is 9.70. The SMILES string of the molecule is C=CC[C@H](c1ccc(OC)cc1OC)[C@H](C)C(C)(C)C. The molecule has 0 aromatic heterocycles. The van der Waals surface area contributed by atoms with Gasteiger partial charge in [0.1, 0.15) is 11.5 Å². The van der Waals surface area contributed by atoms with Crippen molar-refractivity contribution in [3.63, 3.8) is 0 Å². The van der Waals surface area contributed by atoms with Gasteiger partial charge in [-0.2, -0.15) is 0 Å². The van der Waals surface area contributed by atoms with Crippen LogP contribution in [-0.4, -0.2) is 14.2 Å². The van der Waals surface area contributed by atoms with Crippen LogP contribution in [0.4, 0.5) is 0 Å². The summed E-state index contributed by atoms with van der Waals surface area (Å²) in [6, 6.07) is 6.08. The summed E-state index contributed by atoms with van der Waals surface area (Å²) in [7, 11) is 3.39. The van der Waals surface area contributed by atoms with Crippen LogP contribution < -0.4 is 9.47 Å². The van der Waals surface area contributed by atoms with E-state index in [0.29, 0.717) is 11.8 Å². The maximum Gasteiger partial charge on any atom is 0.126 e. The molecule has 0 aliphatic rings. The second-order valence-corrected chi connectivity index (χ2v) is 6.39. The zero-order valence-electron chi connectivity index (χ0n) is 13.7. The van der Waals surface area contributed by atoms with Crippen molar-refractivity contribution in [3.05, 3.63) is 36.4 Å². The summed E-state index contributed by atoms with van der Waals surface area (Å²) in [6.45, 7) is 13.1. The highest BCUT2D eigenvalue weighted by Crippen LogP contribution is 2.43. The molecule has 20 heavy (non-hydrogen) atoms. The van der Waals surface area contributed by atoms with Crippen LogP contribution in [0.3, 0.4) is 0 Å². The Bertz CT molecular complexity index is 443. The van der Waals surface area contributed by atoms with Crippen molar-refractivity contribution in [3.8, 4) is 11.5 Å². The quantitative estimate of drug-likeness (QED) is 0.677. The lowest BCUT2D eigenvalue weighted by Crippen LogP contribution is -2.24. The number of hydrogen-bond donors (Lipinski definition) is 0. The van der Waals surface area contributed by atoms with Crippen molar-refractivity contribution < 1.29 is 9.47 Å². The minimum atomic E-state index is 0.235. The average molecular weight is 276 g/mol. The Labute approximate surface area is 123 Å². The van der Waals surface area contributed by atoms with Gasteiger partial charge < -0.3 is 9.47 Å². The number of benzene rings is 1. The highest BCUT2D eigenvalue weighted by Gasteiger charge is 2.30. The molecule has 0 saturated carbocycles. The molecule has 0 aliphatic carbocycles. The highest BCUT2D eigenvalue weighted by atomic mass is 16.5. The number of hydrogen-bond acceptors (Lipinski definition) is 2. The van der Waals surface area contributed by atoms with Gasteiger partial charge in [0, 0.05) is 6.07 Å². The largest absolute Gasteiger partial charge is 0.497 e. The average Bonchev–Trinajstić information content (AvgIpc) is 2.42. The van der Waals surface area contributed by atoms with E-state index in [2.05, 4.69) is 40.3 Å². The van der Waals surface area contributed by atoms with E-state index in [4.69, 9.17) is 9.47 Å². The first-order chi connectivity index (χ1) is 9.35. The van der Waals surface area contributed by atoms with Gasteiger partial charge in [0.15, 0.2) is 0 Å². The molecular weight excluding hydrogens is 248 g/mol. The Balaban J connectivity index is 3.24. The molecule has 0 bridgehead atoms. The molecule has 2 atom stereocenters. The first-order valence-corrected chi connectivity index (χ1v) is 7.18. The number of rotatable bonds is 6. The summed E-state index contributed by atoms with van der Waals surface area (Å²) < 4.78 is 10.8. The summed E-state index contributed by atoms with van der Waals surface area (Å²) >= 11 is 0. The summed E-state index contributed by atoms with van der Waals surface area (Å²) in [6.07, 6.45) is 2.94. The molecule has 0 unspecified atom stereocenters. The minimum absolute atomic E-state index is 0.235. The zero-order valence-corrected chi connectivity index (χ0v) is 13.7. The molecule has 1 aromatic rings. The molecule has 0 saturated heterocycles. The molecule has 0 heterocycles. The summed E-state index contributed by atoms with van der Waals surface area (Å²) in [5.74, 6) is 2.63. The van der Waals surface area contributed by atoms with E-state index in [0.717, 1.165) is 17.9 Å². The molecule has 1 aromatic carbocycles. The predicted molar refractivity (Wildman–Crippen MR) is 85.7 cm³/mol. The van der Waals surface area contributed by atoms with Gasteiger partial charge >= 0.3 is 0 Å². The second-order valence-electron chi connectivity index (χ2n) is 6.39. The molecule has 0 N–H and O–H groups in total. The third kappa shape index (κ3) is 3.78. The summed E-state index contributed by atoms with van der Waals surface area (Å²) in [5, 5.41) is 0. The molecule has 0 amide bonds. The standard InChI is InChI=1S/C18H28O2/c1-8-9-15(13(2)18(3,4)5)16-11-10-14(19-6)12-17(16)20-7/h8,10-13,15H,1,9H2,2-7H3/t13-,15-/m0/s1. The van der Waals surface area contributed by atoms with Crippen LogP contribution in [0.2, 0.25) is 0 Å².